The number of rotatable bonds is 5. The third-order valence-corrected chi connectivity index (χ3v) is 4.22. The lowest BCUT2D eigenvalue weighted by Crippen LogP contribution is -1.89. The molecule has 0 aliphatic rings. The second-order valence-corrected chi connectivity index (χ2v) is 6.18. The van der Waals surface area contributed by atoms with E-state index >= 15 is 0 Å². The lowest BCUT2D eigenvalue weighted by atomic mass is 10.3. The molecule has 0 N–H and O–H groups in total. The van der Waals surface area contributed by atoms with Gasteiger partial charge in [-0.3, -0.25) is 4.40 Å². The third kappa shape index (κ3) is 2.91. The standard InChI is InChI=1S/C14H15ClN4OS/c1-3-4-7-21-14-18-17-13(20-14)12-9(2)16-11-6-5-10(15)8-19(11)12/h5-6,8H,3-4,7H2,1-2H3. The fraction of sp³-hybridized carbons (Fsp3) is 0.357. The van der Waals surface area contributed by atoms with E-state index < -0.39 is 0 Å². The van der Waals surface area contributed by atoms with Crippen molar-refractivity contribution in [2.24, 2.45) is 0 Å². The first-order valence-corrected chi connectivity index (χ1v) is 8.16. The number of unbranched alkanes of at least 4 members (excludes halogenated alkanes) is 1. The molecule has 0 aliphatic carbocycles. The van der Waals surface area contributed by atoms with Gasteiger partial charge in [0.15, 0.2) is 0 Å². The van der Waals surface area contributed by atoms with E-state index in [4.69, 9.17) is 16.0 Å². The third-order valence-electron chi connectivity index (χ3n) is 3.09. The second-order valence-electron chi connectivity index (χ2n) is 4.70. The first kappa shape index (κ1) is 14.4. The Bertz CT molecular complexity index is 768. The van der Waals surface area contributed by atoms with Crippen molar-refractivity contribution < 1.29 is 4.42 Å². The molecule has 0 atom stereocenters. The molecule has 0 aromatic carbocycles. The van der Waals surface area contributed by atoms with Crippen LogP contribution in [0.25, 0.3) is 17.2 Å². The lowest BCUT2D eigenvalue weighted by Gasteiger charge is -1.98. The first-order chi connectivity index (χ1) is 10.2. The Hall–Kier alpha value is -1.53. The van der Waals surface area contributed by atoms with Crippen LogP contribution in [0, 0.1) is 6.92 Å². The second kappa shape index (κ2) is 6.07. The Morgan fingerprint density at radius 3 is 3.00 bits per heavy atom. The molecule has 7 heteroatoms. The highest BCUT2D eigenvalue weighted by Crippen LogP contribution is 2.27. The van der Waals surface area contributed by atoms with Gasteiger partial charge >= 0.3 is 0 Å². The molecule has 0 bridgehead atoms. The van der Waals surface area contributed by atoms with E-state index in [0.717, 1.165) is 35.6 Å². The summed E-state index contributed by atoms with van der Waals surface area (Å²) in [4.78, 5) is 4.49. The van der Waals surface area contributed by atoms with E-state index in [1.54, 1.807) is 18.0 Å². The first-order valence-electron chi connectivity index (χ1n) is 6.80. The molecule has 0 spiro atoms. The molecule has 5 nitrogen and oxygen atoms in total. The Kier molecular flexibility index (Phi) is 4.17. The highest BCUT2D eigenvalue weighted by atomic mass is 35.5. The predicted molar refractivity (Wildman–Crippen MR) is 83.9 cm³/mol. The zero-order chi connectivity index (χ0) is 14.8. The minimum absolute atomic E-state index is 0.473. The summed E-state index contributed by atoms with van der Waals surface area (Å²) in [5.41, 5.74) is 2.44. The number of fused-ring (bicyclic) bond motifs is 1. The molecule has 3 rings (SSSR count). The summed E-state index contributed by atoms with van der Waals surface area (Å²) in [5.74, 6) is 1.46. The maximum atomic E-state index is 6.06. The summed E-state index contributed by atoms with van der Waals surface area (Å²) in [6.45, 7) is 4.08. The van der Waals surface area contributed by atoms with Crippen molar-refractivity contribution in [3.63, 3.8) is 0 Å². The highest BCUT2D eigenvalue weighted by Gasteiger charge is 2.17. The van der Waals surface area contributed by atoms with Crippen molar-refractivity contribution in [3.8, 4) is 11.6 Å². The molecule has 3 aromatic rings. The topological polar surface area (TPSA) is 56.2 Å². The van der Waals surface area contributed by atoms with Gasteiger partial charge in [0.1, 0.15) is 11.3 Å². The van der Waals surface area contributed by atoms with E-state index in [-0.39, 0.29) is 0 Å². The minimum Gasteiger partial charge on any atom is -0.410 e. The highest BCUT2D eigenvalue weighted by molar-refractivity contribution is 7.99. The molecule has 0 aliphatic heterocycles. The molecule has 0 radical (unpaired) electrons. The SMILES string of the molecule is CCCCSc1nnc(-c2c(C)nc3ccc(Cl)cn23)o1. The van der Waals surface area contributed by atoms with E-state index in [0.29, 0.717) is 16.1 Å². The van der Waals surface area contributed by atoms with Crippen LogP contribution in [0.3, 0.4) is 0 Å². The van der Waals surface area contributed by atoms with Crippen molar-refractivity contribution in [3.05, 3.63) is 29.0 Å². The number of thioether (sulfide) groups is 1. The van der Waals surface area contributed by atoms with Crippen LogP contribution in [0.5, 0.6) is 0 Å². The monoisotopic (exact) mass is 322 g/mol. The molecule has 0 amide bonds. The number of hydrogen-bond acceptors (Lipinski definition) is 5. The van der Waals surface area contributed by atoms with Gasteiger partial charge in [0.2, 0.25) is 0 Å². The summed E-state index contributed by atoms with van der Waals surface area (Å²) >= 11 is 7.64. The van der Waals surface area contributed by atoms with Gasteiger partial charge in [0.05, 0.1) is 10.7 Å². The molecule has 0 unspecified atom stereocenters. The number of hydrogen-bond donors (Lipinski definition) is 0. The summed E-state index contributed by atoms with van der Waals surface area (Å²) in [7, 11) is 0. The number of nitrogens with zero attached hydrogens (tertiary/aromatic N) is 4. The van der Waals surface area contributed by atoms with Crippen molar-refractivity contribution in [2.45, 2.75) is 31.9 Å². The summed E-state index contributed by atoms with van der Waals surface area (Å²) < 4.78 is 7.62. The van der Waals surface area contributed by atoms with Gasteiger partial charge in [-0.1, -0.05) is 36.7 Å². The molecule has 0 saturated heterocycles. The van der Waals surface area contributed by atoms with E-state index in [1.165, 1.54) is 0 Å². The molecule has 21 heavy (non-hydrogen) atoms. The minimum atomic E-state index is 0.473. The van der Waals surface area contributed by atoms with Crippen LogP contribution in [0.1, 0.15) is 25.5 Å². The largest absolute Gasteiger partial charge is 0.410 e. The smallest absolute Gasteiger partial charge is 0.276 e. The summed E-state index contributed by atoms with van der Waals surface area (Å²) in [5, 5.41) is 9.45. The summed E-state index contributed by atoms with van der Waals surface area (Å²) in [6.07, 6.45) is 4.09. The molecule has 3 heterocycles. The van der Waals surface area contributed by atoms with Crippen LogP contribution in [0.15, 0.2) is 28.0 Å². The summed E-state index contributed by atoms with van der Waals surface area (Å²) in [6, 6.07) is 3.68. The van der Waals surface area contributed by atoms with Gasteiger partial charge in [-0.15, -0.1) is 10.2 Å². The average molecular weight is 323 g/mol. The molecule has 0 saturated carbocycles. The van der Waals surface area contributed by atoms with Gasteiger partial charge in [0, 0.05) is 11.9 Å². The van der Waals surface area contributed by atoms with Crippen molar-refractivity contribution in [1.29, 1.82) is 0 Å². The van der Waals surface area contributed by atoms with Crippen molar-refractivity contribution in [1.82, 2.24) is 19.6 Å². The van der Waals surface area contributed by atoms with Gasteiger partial charge in [-0.25, -0.2) is 4.98 Å². The fourth-order valence-electron chi connectivity index (χ4n) is 2.06. The van der Waals surface area contributed by atoms with E-state index in [1.807, 2.05) is 23.5 Å². The van der Waals surface area contributed by atoms with Gasteiger partial charge < -0.3 is 4.42 Å². The number of aryl methyl sites for hydroxylation is 1. The van der Waals surface area contributed by atoms with Gasteiger partial charge in [0.25, 0.3) is 11.1 Å². The van der Waals surface area contributed by atoms with Crippen LogP contribution < -0.4 is 0 Å². The normalized spacial score (nSPS) is 11.4. The Balaban J connectivity index is 1.96. The number of halogens is 1. The molecular formula is C14H15ClN4OS. The van der Waals surface area contributed by atoms with Crippen LogP contribution in [-0.2, 0) is 0 Å². The van der Waals surface area contributed by atoms with Crippen LogP contribution in [0.2, 0.25) is 5.02 Å². The van der Waals surface area contributed by atoms with Crippen molar-refractivity contribution >= 4 is 29.0 Å². The Morgan fingerprint density at radius 2 is 2.19 bits per heavy atom. The zero-order valence-corrected chi connectivity index (χ0v) is 13.4. The Labute approximate surface area is 131 Å². The molecule has 110 valence electrons. The fourth-order valence-corrected chi connectivity index (χ4v) is 3.07. The van der Waals surface area contributed by atoms with Gasteiger partial charge in [-0.2, -0.15) is 0 Å². The van der Waals surface area contributed by atoms with Gasteiger partial charge in [-0.05, 0) is 25.5 Å². The predicted octanol–water partition coefficient (Wildman–Crippen LogP) is 4.24. The number of pyridine rings is 1. The lowest BCUT2D eigenvalue weighted by molar-refractivity contribution is 0.464. The molecule has 3 aromatic heterocycles. The van der Waals surface area contributed by atoms with Crippen molar-refractivity contribution in [2.75, 3.05) is 5.75 Å². The van der Waals surface area contributed by atoms with Crippen LogP contribution in [-0.4, -0.2) is 25.3 Å². The number of imidazole rings is 1. The van der Waals surface area contributed by atoms with E-state index in [2.05, 4.69) is 22.1 Å². The van der Waals surface area contributed by atoms with E-state index in [9.17, 15) is 0 Å². The zero-order valence-electron chi connectivity index (χ0n) is 11.8. The maximum absolute atomic E-state index is 6.06. The molecular weight excluding hydrogens is 308 g/mol. The molecule has 0 fully saturated rings. The maximum Gasteiger partial charge on any atom is 0.276 e. The van der Waals surface area contributed by atoms with Crippen LogP contribution >= 0.6 is 23.4 Å². The average Bonchev–Trinajstić information content (AvgIpc) is 3.02. The Morgan fingerprint density at radius 1 is 1.33 bits per heavy atom. The number of aromatic nitrogens is 4. The van der Waals surface area contributed by atoms with Crippen LogP contribution in [0.4, 0.5) is 0 Å². The quantitative estimate of drug-likeness (QED) is 0.519.